The number of anilines is 1. The first kappa shape index (κ1) is 32.0. The molecule has 0 radical (unpaired) electrons. The molecule has 6 rings (SSSR count). The fraction of sp³-hybridized carbons (Fsp3) is 0.389. The van der Waals surface area contributed by atoms with Crippen LogP contribution in [0.1, 0.15) is 55.9 Å². The van der Waals surface area contributed by atoms with Crippen molar-refractivity contribution in [2.75, 3.05) is 51.3 Å². The minimum absolute atomic E-state index is 0.0653. The van der Waals surface area contributed by atoms with Crippen LogP contribution in [0.2, 0.25) is 0 Å². The number of carbonyl (C=O) groups is 2. The summed E-state index contributed by atoms with van der Waals surface area (Å²) in [6, 6.07) is 11.2. The summed E-state index contributed by atoms with van der Waals surface area (Å²) in [5, 5.41) is 0.904. The van der Waals surface area contributed by atoms with Crippen LogP contribution in [0.25, 0.3) is 27.6 Å². The maximum absolute atomic E-state index is 14.1. The molecule has 1 fully saturated rings. The number of hydrogen-bond acceptors (Lipinski definition) is 7. The molecule has 1 saturated heterocycles. The summed E-state index contributed by atoms with van der Waals surface area (Å²) in [5.74, 6) is 0.409. The number of piperazine rings is 1. The van der Waals surface area contributed by atoms with Gasteiger partial charge in [-0.15, -0.1) is 0 Å². The molecule has 0 saturated carbocycles. The summed E-state index contributed by atoms with van der Waals surface area (Å²) < 4.78 is 24.7. The second-order valence-electron chi connectivity index (χ2n) is 12.9. The Morgan fingerprint density at radius 3 is 2.51 bits per heavy atom. The lowest BCUT2D eigenvalue weighted by Gasteiger charge is -2.36. The standard InChI is InChI=1S/C36H41FN6O4/c1-6-29-27(10-7-11-38-29)28-18-25(34(44)42-15-13-41(14-16-42)33-31(46-5)20-26(37)21-39-33)17-24-19-30(40-32(24)28)23-9-8-12-43(22-23)35(45)47-36(2,3)4/h7,9-11,17-21,40H,6,8,12-16,22H2,1-5H3. The van der Waals surface area contributed by atoms with Gasteiger partial charge >= 0.3 is 6.09 Å². The van der Waals surface area contributed by atoms with Crippen LogP contribution in [-0.4, -0.2) is 88.7 Å². The van der Waals surface area contributed by atoms with Crippen LogP contribution in [0.4, 0.5) is 15.0 Å². The van der Waals surface area contributed by atoms with Crippen LogP contribution >= 0.6 is 0 Å². The van der Waals surface area contributed by atoms with Crippen molar-refractivity contribution in [1.29, 1.82) is 0 Å². The maximum atomic E-state index is 14.1. The lowest BCUT2D eigenvalue weighted by molar-refractivity contribution is 0.0273. The zero-order chi connectivity index (χ0) is 33.3. The van der Waals surface area contributed by atoms with Crippen molar-refractivity contribution in [2.45, 2.75) is 46.1 Å². The monoisotopic (exact) mass is 640 g/mol. The highest BCUT2D eigenvalue weighted by molar-refractivity contribution is 6.05. The first-order valence-electron chi connectivity index (χ1n) is 16.1. The van der Waals surface area contributed by atoms with E-state index >= 15 is 0 Å². The van der Waals surface area contributed by atoms with Crippen LogP contribution in [0.5, 0.6) is 5.75 Å². The third-order valence-electron chi connectivity index (χ3n) is 8.53. The molecular weight excluding hydrogens is 599 g/mol. The topological polar surface area (TPSA) is 104 Å². The Hall–Kier alpha value is -4.93. The van der Waals surface area contributed by atoms with Crippen LogP contribution in [-0.2, 0) is 11.2 Å². The van der Waals surface area contributed by atoms with Gasteiger partial charge in [-0.05, 0) is 63.5 Å². The third kappa shape index (κ3) is 6.79. The number of pyridine rings is 2. The maximum Gasteiger partial charge on any atom is 0.410 e. The van der Waals surface area contributed by atoms with E-state index in [1.807, 2.05) is 54.8 Å². The highest BCUT2D eigenvalue weighted by Crippen LogP contribution is 2.35. The molecule has 4 aromatic rings. The number of methoxy groups -OCH3 is 1. The molecule has 2 amide bonds. The smallest absolute Gasteiger partial charge is 0.410 e. The van der Waals surface area contributed by atoms with Crippen molar-refractivity contribution < 1.29 is 23.5 Å². The molecule has 2 aliphatic rings. The second kappa shape index (κ2) is 13.1. The Labute approximate surface area is 274 Å². The highest BCUT2D eigenvalue weighted by atomic mass is 19.1. The molecule has 246 valence electrons. The Balaban J connectivity index is 1.31. The molecule has 1 N–H and O–H groups in total. The Morgan fingerprint density at radius 1 is 1.00 bits per heavy atom. The number of amides is 2. The van der Waals surface area contributed by atoms with Crippen LogP contribution < -0.4 is 9.64 Å². The first-order valence-corrected chi connectivity index (χ1v) is 16.1. The van der Waals surface area contributed by atoms with Gasteiger partial charge in [0.15, 0.2) is 11.6 Å². The quantitative estimate of drug-likeness (QED) is 0.263. The summed E-state index contributed by atoms with van der Waals surface area (Å²) in [6.45, 7) is 10.7. The molecule has 0 spiro atoms. The number of nitrogens with one attached hydrogen (secondary N) is 1. The lowest BCUT2D eigenvalue weighted by atomic mass is 9.97. The van der Waals surface area contributed by atoms with Gasteiger partial charge in [0.1, 0.15) is 11.4 Å². The SMILES string of the molecule is CCc1ncccc1-c1cc(C(=O)N2CCN(c3ncc(F)cc3OC)CC2)cc2cc(C3=CCCN(C(=O)OC(C)(C)C)C3)[nH]c12. The number of carbonyl (C=O) groups excluding carboxylic acids is 2. The number of halogens is 1. The number of aromatic nitrogens is 3. The van der Waals surface area contributed by atoms with Gasteiger partial charge in [0, 0.05) is 78.5 Å². The van der Waals surface area contributed by atoms with Crippen molar-refractivity contribution in [3.8, 4) is 16.9 Å². The van der Waals surface area contributed by atoms with Crippen molar-refractivity contribution in [2.24, 2.45) is 0 Å². The Bertz CT molecular complexity index is 1840. The van der Waals surface area contributed by atoms with Gasteiger partial charge < -0.3 is 29.2 Å². The number of hydrogen-bond donors (Lipinski definition) is 1. The van der Waals surface area contributed by atoms with Gasteiger partial charge in [-0.3, -0.25) is 9.78 Å². The van der Waals surface area contributed by atoms with Gasteiger partial charge in [-0.1, -0.05) is 19.1 Å². The van der Waals surface area contributed by atoms with Gasteiger partial charge in [-0.25, -0.2) is 14.2 Å². The largest absolute Gasteiger partial charge is 0.493 e. The normalized spacial score (nSPS) is 15.5. The summed E-state index contributed by atoms with van der Waals surface area (Å²) in [6.07, 6.45) is 6.25. The van der Waals surface area contributed by atoms with Crippen LogP contribution in [0.3, 0.4) is 0 Å². The predicted molar refractivity (Wildman–Crippen MR) is 180 cm³/mol. The summed E-state index contributed by atoms with van der Waals surface area (Å²) in [5.41, 5.74) is 5.64. The molecular formula is C36H41FN6O4. The van der Waals surface area contributed by atoms with E-state index in [4.69, 9.17) is 9.47 Å². The average molecular weight is 641 g/mol. The van der Waals surface area contributed by atoms with Gasteiger partial charge in [-0.2, -0.15) is 0 Å². The predicted octanol–water partition coefficient (Wildman–Crippen LogP) is 6.32. The fourth-order valence-corrected chi connectivity index (χ4v) is 6.24. The van der Waals surface area contributed by atoms with E-state index in [0.717, 1.165) is 45.4 Å². The number of aryl methyl sites for hydroxylation is 1. The summed E-state index contributed by atoms with van der Waals surface area (Å²) in [4.78, 5) is 45.0. The van der Waals surface area contributed by atoms with Crippen molar-refractivity contribution in [3.63, 3.8) is 0 Å². The molecule has 0 atom stereocenters. The van der Waals surface area contributed by atoms with Gasteiger partial charge in [0.2, 0.25) is 0 Å². The van der Waals surface area contributed by atoms with Crippen LogP contribution in [0, 0.1) is 5.82 Å². The molecule has 5 heterocycles. The van der Waals surface area contributed by atoms with Crippen molar-refractivity contribution >= 4 is 34.3 Å². The molecule has 10 nitrogen and oxygen atoms in total. The van der Waals surface area contributed by atoms with Crippen molar-refractivity contribution in [3.05, 3.63) is 77.6 Å². The number of H-pyrrole nitrogens is 1. The molecule has 3 aromatic heterocycles. The zero-order valence-corrected chi connectivity index (χ0v) is 27.6. The summed E-state index contributed by atoms with van der Waals surface area (Å²) in [7, 11) is 1.49. The number of rotatable bonds is 6. The van der Waals surface area contributed by atoms with E-state index in [1.165, 1.54) is 19.4 Å². The molecule has 0 aliphatic carbocycles. The van der Waals surface area contributed by atoms with Crippen molar-refractivity contribution in [1.82, 2.24) is 24.8 Å². The minimum Gasteiger partial charge on any atom is -0.493 e. The molecule has 0 bridgehead atoms. The minimum atomic E-state index is -0.574. The van der Waals surface area contributed by atoms with E-state index in [2.05, 4.69) is 34.0 Å². The first-order chi connectivity index (χ1) is 22.5. The summed E-state index contributed by atoms with van der Waals surface area (Å²) >= 11 is 0. The van der Waals surface area contributed by atoms with E-state index < -0.39 is 11.4 Å². The number of fused-ring (bicyclic) bond motifs is 1. The average Bonchev–Trinajstić information content (AvgIpc) is 3.51. The number of nitrogens with zero attached hydrogens (tertiary/aromatic N) is 5. The third-order valence-corrected chi connectivity index (χ3v) is 8.53. The van der Waals surface area contributed by atoms with E-state index in [1.54, 1.807) is 11.1 Å². The fourth-order valence-electron chi connectivity index (χ4n) is 6.24. The van der Waals surface area contributed by atoms with E-state index in [0.29, 0.717) is 62.8 Å². The highest BCUT2D eigenvalue weighted by Gasteiger charge is 2.28. The van der Waals surface area contributed by atoms with Gasteiger partial charge in [0.05, 0.1) is 25.4 Å². The zero-order valence-electron chi connectivity index (χ0n) is 27.6. The number of benzene rings is 1. The molecule has 11 heteroatoms. The lowest BCUT2D eigenvalue weighted by Crippen LogP contribution is -2.49. The molecule has 0 unspecified atom stereocenters. The molecule has 1 aromatic carbocycles. The number of aromatic amines is 1. The van der Waals surface area contributed by atoms with E-state index in [-0.39, 0.29) is 12.0 Å². The second-order valence-corrected chi connectivity index (χ2v) is 12.9. The molecule has 47 heavy (non-hydrogen) atoms. The van der Waals surface area contributed by atoms with Gasteiger partial charge in [0.25, 0.3) is 5.91 Å². The number of ether oxygens (including phenoxy) is 2. The Morgan fingerprint density at radius 2 is 1.79 bits per heavy atom. The van der Waals surface area contributed by atoms with E-state index in [9.17, 15) is 14.0 Å². The van der Waals surface area contributed by atoms with Crippen LogP contribution in [0.15, 0.2) is 54.9 Å². The molecule has 2 aliphatic heterocycles. The Kier molecular flexibility index (Phi) is 8.90.